The molecule has 0 aromatic rings. The number of phosphoric ester groups is 1. The lowest BCUT2D eigenvalue weighted by Gasteiger charge is -2.24. The molecular weight excluding hydrogens is 1120 g/mol. The van der Waals surface area contributed by atoms with Crippen molar-refractivity contribution in [2.75, 3.05) is 47.5 Å². The van der Waals surface area contributed by atoms with Gasteiger partial charge in [0, 0.05) is 12.8 Å². The van der Waals surface area contributed by atoms with Gasteiger partial charge in [0.05, 0.1) is 27.7 Å². The third-order valence-electron chi connectivity index (χ3n) is 17.9. The number of hydrogen-bond donors (Lipinski definition) is 1. The minimum absolute atomic E-state index is 0.0341. The van der Waals surface area contributed by atoms with Gasteiger partial charge in [-0.05, 0) is 51.4 Å². The van der Waals surface area contributed by atoms with E-state index in [0.717, 1.165) is 44.9 Å². The second kappa shape index (κ2) is 70.5. The molecule has 0 radical (unpaired) electrons. The molecule has 0 spiro atoms. The first-order valence-corrected chi connectivity index (χ1v) is 40.7. The highest BCUT2D eigenvalue weighted by Crippen LogP contribution is 2.43. The number of hydrogen-bond acceptors (Lipinski definition) is 7. The van der Waals surface area contributed by atoms with Gasteiger partial charge < -0.3 is 18.9 Å². The third kappa shape index (κ3) is 75.1. The van der Waals surface area contributed by atoms with E-state index < -0.39 is 26.5 Å². The second-order valence-corrected chi connectivity index (χ2v) is 29.6. The first-order chi connectivity index (χ1) is 43.5. The predicted molar refractivity (Wildman–Crippen MR) is 386 cm³/mol. The van der Waals surface area contributed by atoms with E-state index in [1.807, 2.05) is 21.1 Å². The predicted octanol–water partition coefficient (Wildman–Crippen LogP) is 25.8. The molecule has 0 saturated heterocycles. The van der Waals surface area contributed by atoms with Crippen LogP contribution >= 0.6 is 7.82 Å². The maximum absolute atomic E-state index is 12.9. The largest absolute Gasteiger partial charge is 0.472 e. The topological polar surface area (TPSA) is 108 Å². The van der Waals surface area contributed by atoms with E-state index in [1.165, 1.54) is 327 Å². The second-order valence-electron chi connectivity index (χ2n) is 28.1. The molecule has 0 amide bonds. The molecule has 0 fully saturated rings. The van der Waals surface area contributed by atoms with Crippen LogP contribution in [0.2, 0.25) is 0 Å². The van der Waals surface area contributed by atoms with Crippen LogP contribution < -0.4 is 0 Å². The summed E-state index contributed by atoms with van der Waals surface area (Å²) in [5.41, 5.74) is 0. The summed E-state index contributed by atoms with van der Waals surface area (Å²) in [6, 6.07) is 0. The Bertz CT molecular complexity index is 1590. The number of esters is 2. The summed E-state index contributed by atoms with van der Waals surface area (Å²) in [4.78, 5) is 36.0. The van der Waals surface area contributed by atoms with Gasteiger partial charge in [-0.1, -0.05) is 378 Å². The zero-order chi connectivity index (χ0) is 64.8. The summed E-state index contributed by atoms with van der Waals surface area (Å²) in [5, 5.41) is 0. The average molecular weight is 1280 g/mol. The summed E-state index contributed by atoms with van der Waals surface area (Å²) in [7, 11) is 1.50. The number of carbonyl (C=O) groups is 2. The van der Waals surface area contributed by atoms with Crippen molar-refractivity contribution in [1.29, 1.82) is 0 Å². The minimum atomic E-state index is -4.39. The van der Waals surface area contributed by atoms with Crippen LogP contribution in [-0.2, 0) is 32.7 Å². The van der Waals surface area contributed by atoms with Gasteiger partial charge in [-0.15, -0.1) is 0 Å². The average Bonchev–Trinajstić information content (AvgIpc) is 3.60. The van der Waals surface area contributed by atoms with Gasteiger partial charge in [0.25, 0.3) is 0 Å². The van der Waals surface area contributed by atoms with Crippen molar-refractivity contribution in [3.8, 4) is 0 Å². The Hall–Kier alpha value is -1.77. The van der Waals surface area contributed by atoms with E-state index in [1.54, 1.807) is 0 Å². The molecule has 0 aromatic heterocycles. The number of carbonyl (C=O) groups excluding carboxylic acids is 2. The number of likely N-dealkylation sites (N-methyl/N-ethyl adjacent to an activating group) is 1. The summed E-state index contributed by atoms with van der Waals surface area (Å²) in [5.74, 6) is -0.775. The number of unbranched alkanes of at least 4 members (excludes halogenated alkanes) is 54. The number of allylic oxidation sites excluding steroid dienone is 6. The zero-order valence-electron chi connectivity index (χ0n) is 60.2. The molecular formula is C79H153NO8P+. The molecule has 0 heterocycles. The molecule has 9 nitrogen and oxygen atoms in total. The molecule has 0 saturated carbocycles. The number of ether oxygens (including phenoxy) is 2. The smallest absolute Gasteiger partial charge is 0.462 e. The Morgan fingerprint density at radius 3 is 0.899 bits per heavy atom. The lowest BCUT2D eigenvalue weighted by Crippen LogP contribution is -2.37. The molecule has 1 N–H and O–H groups in total. The number of phosphoric acid groups is 1. The van der Waals surface area contributed by atoms with Crippen molar-refractivity contribution >= 4 is 19.8 Å². The van der Waals surface area contributed by atoms with E-state index >= 15 is 0 Å². The van der Waals surface area contributed by atoms with Gasteiger partial charge >= 0.3 is 19.8 Å². The van der Waals surface area contributed by atoms with Crippen molar-refractivity contribution in [3.63, 3.8) is 0 Å². The highest BCUT2D eigenvalue weighted by atomic mass is 31.2. The minimum Gasteiger partial charge on any atom is -0.462 e. The Morgan fingerprint density at radius 1 is 0.348 bits per heavy atom. The molecule has 0 rings (SSSR count). The summed E-state index contributed by atoms with van der Waals surface area (Å²) < 4.78 is 34.8. The fraction of sp³-hybridized carbons (Fsp3) is 0.899. The lowest BCUT2D eigenvalue weighted by atomic mass is 10.0. The molecule has 89 heavy (non-hydrogen) atoms. The van der Waals surface area contributed by atoms with Crippen LogP contribution in [-0.4, -0.2) is 74.9 Å². The molecule has 526 valence electrons. The van der Waals surface area contributed by atoms with E-state index in [-0.39, 0.29) is 25.6 Å². The normalized spacial score (nSPS) is 13.2. The highest BCUT2D eigenvalue weighted by Gasteiger charge is 2.27. The standard InChI is InChI=1S/C79H152NO8P/c1-6-8-10-12-14-16-18-20-22-24-26-28-30-32-34-36-37-38-39-40-41-42-44-45-47-49-51-53-55-57-59-61-63-65-67-69-71-78(81)85-75-77(76-87-89(83,84)86-74-73-80(3,4)5)88-79(82)72-70-68-66-64-62-60-58-56-54-52-50-48-46-43-35-33-31-29-27-25-23-21-19-17-15-13-11-9-7-2/h19,21,25,27,31,33,77H,6-18,20,22-24,26,28-30,32,34-76H2,1-5H3/p+1/b21-19-,27-25-,33-31-. The molecule has 2 atom stereocenters. The van der Waals surface area contributed by atoms with Gasteiger partial charge in [0.1, 0.15) is 19.8 Å². The van der Waals surface area contributed by atoms with Gasteiger partial charge in [-0.3, -0.25) is 18.6 Å². The number of rotatable bonds is 74. The highest BCUT2D eigenvalue weighted by molar-refractivity contribution is 7.47. The monoisotopic (exact) mass is 1280 g/mol. The first-order valence-electron chi connectivity index (χ1n) is 39.2. The van der Waals surface area contributed by atoms with Crippen molar-refractivity contribution in [3.05, 3.63) is 36.5 Å². The van der Waals surface area contributed by atoms with Crippen LogP contribution in [0.5, 0.6) is 0 Å². The molecule has 0 aromatic carbocycles. The number of nitrogens with zero attached hydrogens (tertiary/aromatic N) is 1. The van der Waals surface area contributed by atoms with Crippen LogP contribution in [0.4, 0.5) is 0 Å². The summed E-state index contributed by atoms with van der Waals surface area (Å²) >= 11 is 0. The maximum Gasteiger partial charge on any atom is 0.472 e. The SMILES string of the molecule is CCCCCCC/C=C\C/C=C\C/C=C\CCCCCCCCCCCCCCCCC(=O)OC(COC(=O)CCCCCCCCCCCCCCCCCCCCCCCCCCCCCCCCCCCCCC)COP(=O)(O)OCC[N+](C)(C)C. The van der Waals surface area contributed by atoms with Crippen molar-refractivity contribution in [2.24, 2.45) is 0 Å². The molecule has 0 bridgehead atoms. The van der Waals surface area contributed by atoms with Crippen molar-refractivity contribution in [1.82, 2.24) is 0 Å². The molecule has 2 unspecified atom stereocenters. The maximum atomic E-state index is 12.9. The summed E-state index contributed by atoms with van der Waals surface area (Å²) in [6.07, 6.45) is 91.5. The zero-order valence-corrected chi connectivity index (χ0v) is 61.1. The van der Waals surface area contributed by atoms with E-state index in [9.17, 15) is 19.0 Å². The van der Waals surface area contributed by atoms with Crippen LogP contribution in [0.1, 0.15) is 406 Å². The summed E-state index contributed by atoms with van der Waals surface area (Å²) in [6.45, 7) is 4.50. The Kier molecular flexibility index (Phi) is 69.1. The lowest BCUT2D eigenvalue weighted by molar-refractivity contribution is -0.870. The van der Waals surface area contributed by atoms with Crippen molar-refractivity contribution < 1.29 is 42.1 Å². The van der Waals surface area contributed by atoms with Crippen LogP contribution in [0.15, 0.2) is 36.5 Å². The van der Waals surface area contributed by atoms with Gasteiger partial charge in [-0.2, -0.15) is 0 Å². The fourth-order valence-corrected chi connectivity index (χ4v) is 12.7. The fourth-order valence-electron chi connectivity index (χ4n) is 11.9. The van der Waals surface area contributed by atoms with Gasteiger partial charge in [0.15, 0.2) is 6.10 Å². The van der Waals surface area contributed by atoms with Crippen LogP contribution in [0, 0.1) is 0 Å². The first kappa shape index (κ1) is 87.2. The van der Waals surface area contributed by atoms with Crippen LogP contribution in [0.3, 0.4) is 0 Å². The van der Waals surface area contributed by atoms with Crippen LogP contribution in [0.25, 0.3) is 0 Å². The molecule has 0 aliphatic heterocycles. The molecule has 0 aliphatic carbocycles. The Balaban J connectivity index is 3.92. The van der Waals surface area contributed by atoms with Crippen molar-refractivity contribution in [2.45, 2.75) is 412 Å². The third-order valence-corrected chi connectivity index (χ3v) is 18.9. The molecule has 0 aliphatic rings. The van der Waals surface area contributed by atoms with E-state index in [4.69, 9.17) is 18.5 Å². The quantitative estimate of drug-likeness (QED) is 0.0211. The van der Waals surface area contributed by atoms with Gasteiger partial charge in [0.2, 0.25) is 0 Å². The van der Waals surface area contributed by atoms with E-state index in [2.05, 4.69) is 50.3 Å². The Labute approximate surface area is 554 Å². The van der Waals surface area contributed by atoms with E-state index in [0.29, 0.717) is 23.9 Å². The molecule has 10 heteroatoms. The van der Waals surface area contributed by atoms with Gasteiger partial charge in [-0.25, -0.2) is 4.57 Å². The Morgan fingerprint density at radius 2 is 0.607 bits per heavy atom. The number of quaternary nitrogens is 1.